The van der Waals surface area contributed by atoms with Gasteiger partial charge in [-0.2, -0.15) is 13.2 Å². The molecule has 0 aliphatic heterocycles. The monoisotopic (exact) mass is 374 g/mol. The molecule has 0 fully saturated rings. The molecule has 0 amide bonds. The van der Waals surface area contributed by atoms with Crippen molar-refractivity contribution < 1.29 is 21.6 Å². The highest BCUT2D eigenvalue weighted by Gasteiger charge is 2.32. The summed E-state index contributed by atoms with van der Waals surface area (Å²) in [6, 6.07) is 2.35. The first-order chi connectivity index (χ1) is 9.08. The van der Waals surface area contributed by atoms with E-state index >= 15 is 0 Å². The van der Waals surface area contributed by atoms with E-state index in [0.717, 1.165) is 12.1 Å². The Morgan fingerprint density at radius 2 is 1.95 bits per heavy atom. The van der Waals surface area contributed by atoms with Crippen LogP contribution in [0.15, 0.2) is 27.6 Å². The van der Waals surface area contributed by atoms with Gasteiger partial charge in [-0.15, -0.1) is 0 Å². The Morgan fingerprint density at radius 3 is 2.45 bits per heavy atom. The molecule has 20 heavy (non-hydrogen) atoms. The Balaban J connectivity index is 3.11. The molecule has 0 saturated carbocycles. The van der Waals surface area contributed by atoms with Crippen molar-refractivity contribution in [3.8, 4) is 0 Å². The largest absolute Gasteiger partial charge is 0.416 e. The van der Waals surface area contributed by atoms with E-state index in [1.165, 1.54) is 0 Å². The van der Waals surface area contributed by atoms with Gasteiger partial charge in [0.05, 0.1) is 10.5 Å². The number of hydrogen-bond acceptors (Lipinski definition) is 3. The summed E-state index contributed by atoms with van der Waals surface area (Å²) in [5.74, 6) is 0. The minimum absolute atomic E-state index is 0.0710. The lowest BCUT2D eigenvalue weighted by Crippen LogP contribution is -2.37. The average molecular weight is 375 g/mol. The predicted molar refractivity (Wildman–Crippen MR) is 72.9 cm³/mol. The first-order valence-electron chi connectivity index (χ1n) is 5.61. The van der Waals surface area contributed by atoms with Gasteiger partial charge in [0.15, 0.2) is 0 Å². The van der Waals surface area contributed by atoms with E-state index in [-0.39, 0.29) is 17.1 Å². The van der Waals surface area contributed by atoms with E-state index in [4.69, 9.17) is 0 Å². The first kappa shape index (κ1) is 17.4. The molecule has 4 nitrogen and oxygen atoms in total. The molecule has 0 aliphatic rings. The molecule has 2 N–H and O–H groups in total. The number of sulfonamides is 1. The minimum atomic E-state index is -4.59. The molecule has 0 aliphatic carbocycles. The highest BCUT2D eigenvalue weighted by atomic mass is 79.9. The van der Waals surface area contributed by atoms with Gasteiger partial charge >= 0.3 is 6.18 Å². The van der Waals surface area contributed by atoms with Gasteiger partial charge in [-0.25, -0.2) is 13.1 Å². The third-order valence-corrected chi connectivity index (χ3v) is 5.04. The number of benzene rings is 1. The zero-order valence-corrected chi connectivity index (χ0v) is 13.2. The van der Waals surface area contributed by atoms with E-state index in [9.17, 15) is 21.6 Å². The molecule has 1 atom stereocenters. The van der Waals surface area contributed by atoms with Crippen molar-refractivity contribution in [2.45, 2.75) is 24.0 Å². The normalized spacial score (nSPS) is 14.3. The van der Waals surface area contributed by atoms with Gasteiger partial charge in [0, 0.05) is 17.1 Å². The van der Waals surface area contributed by atoms with Crippen LogP contribution in [-0.2, 0) is 16.2 Å². The molecule has 0 spiro atoms. The van der Waals surface area contributed by atoms with Gasteiger partial charge in [-0.1, -0.05) is 0 Å². The van der Waals surface area contributed by atoms with Crippen molar-refractivity contribution in [1.29, 1.82) is 0 Å². The summed E-state index contributed by atoms with van der Waals surface area (Å²) in [7, 11) is -2.36. The summed E-state index contributed by atoms with van der Waals surface area (Å²) in [5.41, 5.74) is -1.01. The lowest BCUT2D eigenvalue weighted by molar-refractivity contribution is -0.137. The number of rotatable bonds is 5. The maximum atomic E-state index is 12.6. The SMILES string of the molecule is CNC(C)CNS(=O)(=O)c1cc(C(F)(F)F)ccc1Br. The van der Waals surface area contributed by atoms with Crippen molar-refractivity contribution in [2.24, 2.45) is 0 Å². The van der Waals surface area contributed by atoms with Crippen LogP contribution in [0.4, 0.5) is 13.2 Å². The van der Waals surface area contributed by atoms with Crippen molar-refractivity contribution >= 4 is 26.0 Å². The van der Waals surface area contributed by atoms with Crippen LogP contribution < -0.4 is 10.0 Å². The molecule has 0 radical (unpaired) electrons. The van der Waals surface area contributed by atoms with Gasteiger partial charge in [-0.05, 0) is 48.1 Å². The Hall–Kier alpha value is -0.640. The van der Waals surface area contributed by atoms with E-state index in [1.54, 1.807) is 14.0 Å². The predicted octanol–water partition coefficient (Wildman–Crippen LogP) is 2.35. The molecule has 1 rings (SSSR count). The summed E-state index contributed by atoms with van der Waals surface area (Å²) < 4.78 is 64.2. The first-order valence-corrected chi connectivity index (χ1v) is 7.89. The van der Waals surface area contributed by atoms with Crippen LogP contribution in [0, 0.1) is 0 Å². The van der Waals surface area contributed by atoms with Gasteiger partial charge in [0.1, 0.15) is 0 Å². The van der Waals surface area contributed by atoms with Crippen LogP contribution in [0.25, 0.3) is 0 Å². The van der Waals surface area contributed by atoms with Crippen LogP contribution in [0.1, 0.15) is 12.5 Å². The summed E-state index contributed by atoms with van der Waals surface area (Å²) in [6.45, 7) is 1.81. The Bertz CT molecular complexity index is 576. The Labute approximate surface area is 123 Å². The minimum Gasteiger partial charge on any atom is -0.316 e. The molecule has 9 heteroatoms. The lowest BCUT2D eigenvalue weighted by Gasteiger charge is -2.14. The van der Waals surface area contributed by atoms with Crippen LogP contribution in [-0.4, -0.2) is 28.1 Å². The van der Waals surface area contributed by atoms with Crippen LogP contribution in [0.2, 0.25) is 0 Å². The number of likely N-dealkylation sites (N-methyl/N-ethyl adjacent to an activating group) is 1. The third-order valence-electron chi connectivity index (χ3n) is 2.62. The van der Waals surface area contributed by atoms with Gasteiger partial charge < -0.3 is 5.32 Å². The second kappa shape index (κ2) is 6.42. The summed E-state index contributed by atoms with van der Waals surface area (Å²) >= 11 is 2.95. The number of nitrogens with one attached hydrogen (secondary N) is 2. The zero-order chi connectivity index (χ0) is 15.6. The summed E-state index contributed by atoms with van der Waals surface area (Å²) in [4.78, 5) is -0.435. The van der Waals surface area contributed by atoms with E-state index < -0.39 is 26.7 Å². The molecule has 1 aromatic carbocycles. The van der Waals surface area contributed by atoms with Crippen molar-refractivity contribution in [2.75, 3.05) is 13.6 Å². The molecule has 0 aromatic heterocycles. The van der Waals surface area contributed by atoms with Gasteiger partial charge in [0.25, 0.3) is 0 Å². The fourth-order valence-electron chi connectivity index (χ4n) is 1.30. The lowest BCUT2D eigenvalue weighted by atomic mass is 10.2. The van der Waals surface area contributed by atoms with Crippen molar-refractivity contribution in [1.82, 2.24) is 10.0 Å². The fourth-order valence-corrected chi connectivity index (χ4v) is 3.42. The molecular formula is C11H14BrF3N2O2S. The molecule has 114 valence electrons. The standard InChI is InChI=1S/C11H14BrF3N2O2S/c1-7(16-2)6-17-20(18,19)10-5-8(11(13,14)15)3-4-9(10)12/h3-5,7,16-17H,6H2,1-2H3. The quantitative estimate of drug-likeness (QED) is 0.831. The molecule has 0 bridgehead atoms. The van der Waals surface area contributed by atoms with Crippen LogP contribution in [0.3, 0.4) is 0 Å². The summed E-state index contributed by atoms with van der Waals surface area (Å²) in [6.07, 6.45) is -4.59. The molecule has 1 aromatic rings. The molecule has 0 heterocycles. The number of alkyl halides is 3. The van der Waals surface area contributed by atoms with Crippen molar-refractivity contribution in [3.63, 3.8) is 0 Å². The number of hydrogen-bond donors (Lipinski definition) is 2. The van der Waals surface area contributed by atoms with E-state index in [2.05, 4.69) is 26.0 Å². The maximum absolute atomic E-state index is 12.6. The second-order valence-corrected chi connectivity index (χ2v) is 6.77. The van der Waals surface area contributed by atoms with Crippen LogP contribution >= 0.6 is 15.9 Å². The fraction of sp³-hybridized carbons (Fsp3) is 0.455. The highest BCUT2D eigenvalue weighted by molar-refractivity contribution is 9.10. The number of halogens is 4. The van der Waals surface area contributed by atoms with E-state index in [0.29, 0.717) is 6.07 Å². The maximum Gasteiger partial charge on any atom is 0.416 e. The van der Waals surface area contributed by atoms with Crippen LogP contribution in [0.5, 0.6) is 0 Å². The third kappa shape index (κ3) is 4.44. The van der Waals surface area contributed by atoms with Gasteiger partial charge in [-0.3, -0.25) is 0 Å². The summed E-state index contributed by atoms with van der Waals surface area (Å²) in [5, 5.41) is 2.82. The Kier molecular flexibility index (Phi) is 5.59. The highest BCUT2D eigenvalue weighted by Crippen LogP contribution is 2.33. The average Bonchev–Trinajstić information content (AvgIpc) is 2.34. The zero-order valence-electron chi connectivity index (χ0n) is 10.8. The van der Waals surface area contributed by atoms with Gasteiger partial charge in [0.2, 0.25) is 10.0 Å². The smallest absolute Gasteiger partial charge is 0.316 e. The molecule has 0 saturated heterocycles. The topological polar surface area (TPSA) is 58.2 Å². The van der Waals surface area contributed by atoms with Crippen molar-refractivity contribution in [3.05, 3.63) is 28.2 Å². The molecule has 1 unspecified atom stereocenters. The molecular weight excluding hydrogens is 361 g/mol. The second-order valence-electron chi connectivity index (χ2n) is 4.18. The van der Waals surface area contributed by atoms with E-state index in [1.807, 2.05) is 0 Å². The Morgan fingerprint density at radius 1 is 1.35 bits per heavy atom.